The molecular formula is C11H7ClFN3. The Hall–Kier alpha value is -1.68. The molecule has 0 radical (unpaired) electrons. The van der Waals surface area contributed by atoms with Gasteiger partial charge in [0.05, 0.1) is 23.1 Å². The summed E-state index contributed by atoms with van der Waals surface area (Å²) in [6, 6.07) is 6.31. The maximum atomic E-state index is 13.2. The summed E-state index contributed by atoms with van der Waals surface area (Å²) in [6.45, 7) is 0. The molecule has 2 heterocycles. The number of nitrogens with zero attached hydrogens (tertiary/aromatic N) is 3. The molecule has 0 N–H and O–H groups in total. The largest absolute Gasteiger partial charge is 0.232 e. The summed E-state index contributed by atoms with van der Waals surface area (Å²) in [4.78, 5) is 4.34. The van der Waals surface area contributed by atoms with E-state index < -0.39 is 0 Å². The summed E-state index contributed by atoms with van der Waals surface area (Å²) in [5.74, 6) is 0.641. The number of benzene rings is 1. The maximum Gasteiger partial charge on any atom is 0.145 e. The molecule has 0 saturated carbocycles. The molecule has 3 aromatic rings. The molecule has 0 aliphatic rings. The van der Waals surface area contributed by atoms with Gasteiger partial charge in [-0.2, -0.15) is 5.10 Å². The Morgan fingerprint density at radius 3 is 3.00 bits per heavy atom. The van der Waals surface area contributed by atoms with E-state index in [-0.39, 0.29) is 11.7 Å². The first kappa shape index (κ1) is 9.54. The van der Waals surface area contributed by atoms with Gasteiger partial charge in [-0.3, -0.25) is 0 Å². The summed E-state index contributed by atoms with van der Waals surface area (Å²) < 4.78 is 14.8. The first-order chi connectivity index (χ1) is 7.79. The maximum absolute atomic E-state index is 13.2. The number of rotatable bonds is 1. The van der Waals surface area contributed by atoms with Crippen LogP contribution in [0.2, 0.25) is 0 Å². The van der Waals surface area contributed by atoms with Crippen molar-refractivity contribution >= 4 is 28.0 Å². The Morgan fingerprint density at radius 2 is 2.19 bits per heavy atom. The molecule has 16 heavy (non-hydrogen) atoms. The van der Waals surface area contributed by atoms with Gasteiger partial charge in [-0.15, -0.1) is 11.6 Å². The molecule has 2 aromatic heterocycles. The summed E-state index contributed by atoms with van der Waals surface area (Å²) in [5.41, 5.74) is 1.55. The quantitative estimate of drug-likeness (QED) is 0.607. The molecule has 0 saturated heterocycles. The lowest BCUT2D eigenvalue weighted by Crippen LogP contribution is -2.00. The highest BCUT2D eigenvalue weighted by Crippen LogP contribution is 2.20. The monoisotopic (exact) mass is 235 g/mol. The first-order valence-electron chi connectivity index (χ1n) is 4.77. The molecule has 1 aromatic carbocycles. The summed E-state index contributed by atoms with van der Waals surface area (Å²) in [7, 11) is 0. The van der Waals surface area contributed by atoms with Gasteiger partial charge in [0, 0.05) is 5.39 Å². The number of alkyl halides is 1. The smallest absolute Gasteiger partial charge is 0.145 e. The Balaban J connectivity index is 2.54. The van der Waals surface area contributed by atoms with Crippen molar-refractivity contribution in [3.8, 4) is 0 Å². The predicted octanol–water partition coefficient (Wildman–Crippen LogP) is 2.76. The van der Waals surface area contributed by atoms with Crippen LogP contribution in [0.3, 0.4) is 0 Å². The highest BCUT2D eigenvalue weighted by atomic mass is 35.5. The van der Waals surface area contributed by atoms with Crippen LogP contribution in [0.25, 0.3) is 16.4 Å². The minimum absolute atomic E-state index is 0.269. The second-order valence-electron chi connectivity index (χ2n) is 3.45. The molecule has 0 spiro atoms. The van der Waals surface area contributed by atoms with Crippen LogP contribution in [0.1, 0.15) is 5.82 Å². The minimum Gasteiger partial charge on any atom is -0.232 e. The zero-order valence-corrected chi connectivity index (χ0v) is 8.95. The molecule has 0 aliphatic heterocycles. The van der Waals surface area contributed by atoms with Crippen molar-refractivity contribution in [3.63, 3.8) is 0 Å². The molecule has 3 rings (SSSR count). The second kappa shape index (κ2) is 3.42. The number of fused-ring (bicyclic) bond motifs is 3. The van der Waals surface area contributed by atoms with Crippen LogP contribution in [0.15, 0.2) is 30.5 Å². The highest BCUT2D eigenvalue weighted by Gasteiger charge is 2.08. The van der Waals surface area contributed by atoms with Gasteiger partial charge < -0.3 is 0 Å². The average Bonchev–Trinajstić information content (AvgIpc) is 2.77. The Morgan fingerprint density at radius 1 is 1.31 bits per heavy atom. The van der Waals surface area contributed by atoms with Gasteiger partial charge in [-0.1, -0.05) is 0 Å². The molecule has 0 amide bonds. The molecule has 80 valence electrons. The van der Waals surface area contributed by atoms with Gasteiger partial charge in [-0.25, -0.2) is 13.9 Å². The Kier molecular flexibility index (Phi) is 2.04. The predicted molar refractivity (Wildman–Crippen MR) is 60.0 cm³/mol. The van der Waals surface area contributed by atoms with Gasteiger partial charge >= 0.3 is 0 Å². The van der Waals surface area contributed by atoms with Gasteiger partial charge in [0.1, 0.15) is 11.6 Å². The van der Waals surface area contributed by atoms with Crippen LogP contribution in [-0.2, 0) is 5.88 Å². The van der Waals surface area contributed by atoms with Crippen molar-refractivity contribution in [1.82, 2.24) is 14.6 Å². The van der Waals surface area contributed by atoms with E-state index in [1.807, 2.05) is 6.07 Å². The van der Waals surface area contributed by atoms with Gasteiger partial charge in [0.15, 0.2) is 0 Å². The molecular weight excluding hydrogens is 229 g/mol. The van der Waals surface area contributed by atoms with Crippen molar-refractivity contribution in [2.45, 2.75) is 5.88 Å². The zero-order valence-electron chi connectivity index (χ0n) is 8.19. The molecule has 0 fully saturated rings. The normalized spacial score (nSPS) is 11.4. The highest BCUT2D eigenvalue weighted by molar-refractivity contribution is 6.16. The molecule has 0 bridgehead atoms. The Labute approximate surface area is 95.5 Å². The number of aromatic nitrogens is 3. The third-order valence-corrected chi connectivity index (χ3v) is 2.73. The lowest BCUT2D eigenvalue weighted by molar-refractivity contribution is 0.629. The zero-order chi connectivity index (χ0) is 11.1. The topological polar surface area (TPSA) is 30.2 Å². The van der Waals surface area contributed by atoms with E-state index in [4.69, 9.17) is 11.6 Å². The number of hydrogen-bond donors (Lipinski definition) is 0. The van der Waals surface area contributed by atoms with E-state index in [9.17, 15) is 4.39 Å². The van der Waals surface area contributed by atoms with E-state index >= 15 is 0 Å². The van der Waals surface area contributed by atoms with Gasteiger partial charge in [0.2, 0.25) is 0 Å². The third-order valence-electron chi connectivity index (χ3n) is 2.49. The molecule has 0 unspecified atom stereocenters. The fourth-order valence-electron chi connectivity index (χ4n) is 1.80. The van der Waals surface area contributed by atoms with Crippen molar-refractivity contribution < 1.29 is 4.39 Å². The van der Waals surface area contributed by atoms with Gasteiger partial charge in [-0.05, 0) is 24.3 Å². The average molecular weight is 236 g/mol. The van der Waals surface area contributed by atoms with E-state index in [1.165, 1.54) is 12.1 Å². The van der Waals surface area contributed by atoms with Crippen LogP contribution >= 0.6 is 11.6 Å². The van der Waals surface area contributed by atoms with E-state index in [2.05, 4.69) is 10.1 Å². The Bertz CT molecular complexity index is 677. The summed E-state index contributed by atoms with van der Waals surface area (Å²) >= 11 is 5.80. The lowest BCUT2D eigenvalue weighted by atomic mass is 10.2. The number of halogens is 2. The van der Waals surface area contributed by atoms with Crippen molar-refractivity contribution in [3.05, 3.63) is 42.1 Å². The van der Waals surface area contributed by atoms with Crippen LogP contribution in [0.5, 0.6) is 0 Å². The van der Waals surface area contributed by atoms with Crippen molar-refractivity contribution in [2.75, 3.05) is 0 Å². The SMILES string of the molecule is Fc1ccc2nc(CCl)n3nccc3c2c1. The van der Waals surface area contributed by atoms with Crippen LogP contribution < -0.4 is 0 Å². The fourth-order valence-corrected chi connectivity index (χ4v) is 1.97. The molecule has 5 heteroatoms. The fraction of sp³-hybridized carbons (Fsp3) is 0.0909. The van der Waals surface area contributed by atoms with Crippen LogP contribution in [-0.4, -0.2) is 14.6 Å². The minimum atomic E-state index is -0.281. The lowest BCUT2D eigenvalue weighted by Gasteiger charge is -2.04. The summed E-state index contributed by atoms with van der Waals surface area (Å²) in [5, 5.41) is 4.86. The van der Waals surface area contributed by atoms with E-state index in [0.717, 1.165) is 16.4 Å². The van der Waals surface area contributed by atoms with Crippen LogP contribution in [0.4, 0.5) is 4.39 Å². The van der Waals surface area contributed by atoms with Crippen LogP contribution in [0, 0.1) is 5.82 Å². The van der Waals surface area contributed by atoms with Gasteiger partial charge in [0.25, 0.3) is 0 Å². The summed E-state index contributed by atoms with van der Waals surface area (Å²) in [6.07, 6.45) is 1.65. The van der Waals surface area contributed by atoms with Crippen molar-refractivity contribution in [2.24, 2.45) is 0 Å². The molecule has 3 nitrogen and oxygen atoms in total. The van der Waals surface area contributed by atoms with Crippen molar-refractivity contribution in [1.29, 1.82) is 0 Å². The standard InChI is InChI=1S/C11H7ClFN3/c12-6-11-15-9-2-1-7(13)5-8(9)10-3-4-14-16(10)11/h1-5H,6H2. The molecule has 0 aliphatic carbocycles. The first-order valence-corrected chi connectivity index (χ1v) is 5.31. The third kappa shape index (κ3) is 1.27. The van der Waals surface area contributed by atoms with E-state index in [1.54, 1.807) is 16.8 Å². The number of hydrogen-bond acceptors (Lipinski definition) is 2. The van der Waals surface area contributed by atoms with E-state index in [0.29, 0.717) is 5.82 Å². The second-order valence-corrected chi connectivity index (χ2v) is 3.72. The molecule has 0 atom stereocenters.